The number of rotatable bonds is 6. The number of nitrogens with zero attached hydrogens (tertiary/aromatic N) is 1. The van der Waals surface area contributed by atoms with Crippen molar-refractivity contribution in [2.24, 2.45) is 5.73 Å². The molecule has 0 aromatic heterocycles. The largest absolute Gasteiger partial charge is 0.496 e. The van der Waals surface area contributed by atoms with Gasteiger partial charge in [-0.15, -0.1) is 0 Å². The maximum atomic E-state index is 12.2. The number of hydrogen-bond acceptors (Lipinski definition) is 6. The Kier molecular flexibility index (Phi) is 5.56. The molecule has 0 bridgehead atoms. The van der Waals surface area contributed by atoms with E-state index in [0.717, 1.165) is 6.07 Å². The molecule has 0 saturated carbocycles. The summed E-state index contributed by atoms with van der Waals surface area (Å²) in [4.78, 5) is 33.8. The maximum absolute atomic E-state index is 12.2. The highest BCUT2D eigenvalue weighted by Crippen LogP contribution is 2.25. The summed E-state index contributed by atoms with van der Waals surface area (Å²) in [6, 6.07) is 8.07. The van der Waals surface area contributed by atoms with Crippen LogP contribution in [0.5, 0.6) is 5.75 Å². The normalized spacial score (nSPS) is 10.2. The Balaban J connectivity index is 2.24. The second-order valence-corrected chi connectivity index (χ2v) is 5.32. The molecule has 0 aliphatic heterocycles. The first kappa shape index (κ1) is 18.2. The average molecular weight is 365 g/mol. The maximum Gasteiger partial charge on any atom is 0.342 e. The van der Waals surface area contributed by atoms with Gasteiger partial charge in [0.05, 0.1) is 17.6 Å². The Hall–Kier alpha value is -3.13. The van der Waals surface area contributed by atoms with Crippen LogP contribution in [0, 0.1) is 10.1 Å². The molecule has 2 N–H and O–H groups in total. The van der Waals surface area contributed by atoms with Gasteiger partial charge in [-0.3, -0.25) is 14.9 Å². The minimum Gasteiger partial charge on any atom is -0.496 e. The van der Waals surface area contributed by atoms with Crippen LogP contribution in [0.15, 0.2) is 36.4 Å². The Morgan fingerprint density at radius 2 is 1.96 bits per heavy atom. The SMILES string of the molecule is COc1ccc(Cl)cc1C(=O)OCc1ccc(C(N)=O)cc1[N+](=O)[O-]. The van der Waals surface area contributed by atoms with Crippen molar-refractivity contribution in [1.82, 2.24) is 0 Å². The number of nitro groups is 1. The van der Waals surface area contributed by atoms with Gasteiger partial charge in [-0.05, 0) is 30.3 Å². The van der Waals surface area contributed by atoms with Crippen LogP contribution >= 0.6 is 11.6 Å². The summed E-state index contributed by atoms with van der Waals surface area (Å²) >= 11 is 5.85. The number of nitro benzene ring substituents is 1. The van der Waals surface area contributed by atoms with Gasteiger partial charge in [0.1, 0.15) is 17.9 Å². The predicted octanol–water partition coefficient (Wildman–Crippen LogP) is 2.71. The third kappa shape index (κ3) is 4.24. The molecule has 130 valence electrons. The minimum atomic E-state index is -0.796. The van der Waals surface area contributed by atoms with Crippen molar-refractivity contribution in [3.8, 4) is 5.75 Å². The highest BCUT2D eigenvalue weighted by molar-refractivity contribution is 6.31. The quantitative estimate of drug-likeness (QED) is 0.477. The number of carbonyl (C=O) groups excluding carboxylic acids is 2. The van der Waals surface area contributed by atoms with Crippen molar-refractivity contribution in [2.45, 2.75) is 6.61 Å². The molecule has 0 aliphatic carbocycles. The first-order valence-electron chi connectivity index (χ1n) is 6.91. The number of benzene rings is 2. The summed E-state index contributed by atoms with van der Waals surface area (Å²) < 4.78 is 10.2. The Labute approximate surface area is 147 Å². The Morgan fingerprint density at radius 3 is 2.56 bits per heavy atom. The second-order valence-electron chi connectivity index (χ2n) is 4.89. The summed E-state index contributed by atoms with van der Waals surface area (Å²) in [5.41, 5.74) is 4.92. The van der Waals surface area contributed by atoms with Gasteiger partial charge in [0.2, 0.25) is 5.91 Å². The molecule has 8 nitrogen and oxygen atoms in total. The molecule has 0 saturated heterocycles. The van der Waals surface area contributed by atoms with Gasteiger partial charge in [-0.2, -0.15) is 0 Å². The van der Waals surface area contributed by atoms with E-state index in [1.54, 1.807) is 6.07 Å². The van der Waals surface area contributed by atoms with E-state index in [0.29, 0.717) is 5.02 Å². The van der Waals surface area contributed by atoms with E-state index in [1.807, 2.05) is 0 Å². The van der Waals surface area contributed by atoms with E-state index in [9.17, 15) is 19.7 Å². The zero-order valence-corrected chi connectivity index (χ0v) is 13.8. The van der Waals surface area contributed by atoms with Crippen molar-refractivity contribution in [1.29, 1.82) is 0 Å². The minimum absolute atomic E-state index is 0.0155. The molecule has 0 radical (unpaired) electrons. The number of nitrogens with two attached hydrogens (primary N) is 1. The molecule has 0 fully saturated rings. The molecule has 2 aromatic carbocycles. The van der Waals surface area contributed by atoms with Crippen molar-refractivity contribution >= 4 is 29.2 Å². The van der Waals surface area contributed by atoms with Gasteiger partial charge in [-0.1, -0.05) is 11.6 Å². The van der Waals surface area contributed by atoms with Crippen LogP contribution in [0.3, 0.4) is 0 Å². The van der Waals surface area contributed by atoms with Crippen LogP contribution in [0.25, 0.3) is 0 Å². The fourth-order valence-corrected chi connectivity index (χ4v) is 2.24. The van der Waals surface area contributed by atoms with E-state index in [2.05, 4.69) is 0 Å². The summed E-state index contributed by atoms with van der Waals surface area (Å²) in [6.07, 6.45) is 0. The third-order valence-electron chi connectivity index (χ3n) is 3.31. The van der Waals surface area contributed by atoms with Gasteiger partial charge in [0.25, 0.3) is 5.69 Å². The van der Waals surface area contributed by atoms with E-state index in [4.69, 9.17) is 26.8 Å². The molecule has 0 spiro atoms. The van der Waals surface area contributed by atoms with Crippen molar-refractivity contribution in [3.05, 3.63) is 68.2 Å². The van der Waals surface area contributed by atoms with Crippen LogP contribution in [0.4, 0.5) is 5.69 Å². The lowest BCUT2D eigenvalue weighted by Crippen LogP contribution is -2.12. The number of amides is 1. The van der Waals surface area contributed by atoms with E-state index in [-0.39, 0.29) is 34.7 Å². The first-order chi connectivity index (χ1) is 11.8. The van der Waals surface area contributed by atoms with Gasteiger partial charge >= 0.3 is 5.97 Å². The molecule has 0 aliphatic rings. The summed E-state index contributed by atoms with van der Waals surface area (Å²) in [5.74, 6) is -1.30. The predicted molar refractivity (Wildman–Crippen MR) is 88.7 cm³/mol. The van der Waals surface area contributed by atoms with E-state index in [1.165, 1.54) is 31.4 Å². The van der Waals surface area contributed by atoms with Crippen LogP contribution in [0.1, 0.15) is 26.3 Å². The topological polar surface area (TPSA) is 122 Å². The number of esters is 1. The molecule has 0 heterocycles. The fourth-order valence-electron chi connectivity index (χ4n) is 2.07. The molecule has 25 heavy (non-hydrogen) atoms. The van der Waals surface area contributed by atoms with Crippen LogP contribution in [-0.2, 0) is 11.3 Å². The zero-order valence-electron chi connectivity index (χ0n) is 13.0. The van der Waals surface area contributed by atoms with E-state index < -0.39 is 16.8 Å². The standard InChI is InChI=1S/C16H13ClN2O6/c1-24-14-5-4-11(17)7-12(14)16(21)25-8-10-3-2-9(15(18)20)6-13(10)19(22)23/h2-7H,8H2,1H3,(H2,18,20). The number of primary amides is 1. The van der Waals surface area contributed by atoms with Crippen LogP contribution in [0.2, 0.25) is 5.02 Å². The van der Waals surface area contributed by atoms with Crippen molar-refractivity contribution in [3.63, 3.8) is 0 Å². The Bertz CT molecular complexity index is 853. The molecular weight excluding hydrogens is 352 g/mol. The number of carbonyl (C=O) groups is 2. The summed E-state index contributed by atoms with van der Waals surface area (Å²) in [5, 5.41) is 11.4. The number of hydrogen-bond donors (Lipinski definition) is 1. The molecule has 2 rings (SSSR count). The van der Waals surface area contributed by atoms with Crippen molar-refractivity contribution < 1.29 is 24.0 Å². The van der Waals surface area contributed by atoms with Gasteiger partial charge in [0.15, 0.2) is 0 Å². The fraction of sp³-hybridized carbons (Fsp3) is 0.125. The molecule has 2 aromatic rings. The zero-order chi connectivity index (χ0) is 18.6. The first-order valence-corrected chi connectivity index (χ1v) is 7.29. The van der Waals surface area contributed by atoms with Crippen LogP contribution < -0.4 is 10.5 Å². The lowest BCUT2D eigenvalue weighted by molar-refractivity contribution is -0.385. The Morgan fingerprint density at radius 1 is 1.24 bits per heavy atom. The summed E-state index contributed by atoms with van der Waals surface area (Å²) in [7, 11) is 1.38. The molecule has 0 atom stereocenters. The molecular formula is C16H13ClN2O6. The number of halogens is 1. The van der Waals surface area contributed by atoms with Gasteiger partial charge in [0, 0.05) is 16.7 Å². The average Bonchev–Trinajstić information content (AvgIpc) is 2.59. The van der Waals surface area contributed by atoms with Gasteiger partial charge < -0.3 is 15.2 Å². The number of methoxy groups -OCH3 is 1. The van der Waals surface area contributed by atoms with Crippen molar-refractivity contribution in [2.75, 3.05) is 7.11 Å². The third-order valence-corrected chi connectivity index (χ3v) is 3.54. The highest BCUT2D eigenvalue weighted by atomic mass is 35.5. The van der Waals surface area contributed by atoms with E-state index >= 15 is 0 Å². The molecule has 9 heteroatoms. The van der Waals surface area contributed by atoms with Gasteiger partial charge in [-0.25, -0.2) is 4.79 Å². The monoisotopic (exact) mass is 364 g/mol. The summed E-state index contributed by atoms with van der Waals surface area (Å²) in [6.45, 7) is -0.371. The number of ether oxygens (including phenoxy) is 2. The van der Waals surface area contributed by atoms with Crippen LogP contribution in [-0.4, -0.2) is 23.9 Å². The molecule has 0 unspecified atom stereocenters. The smallest absolute Gasteiger partial charge is 0.342 e. The lowest BCUT2D eigenvalue weighted by Gasteiger charge is -2.10. The highest BCUT2D eigenvalue weighted by Gasteiger charge is 2.20. The molecule has 1 amide bonds. The second kappa shape index (κ2) is 7.63. The lowest BCUT2D eigenvalue weighted by atomic mass is 10.1.